The molecule has 3 rings (SSSR count). The van der Waals surface area contributed by atoms with Gasteiger partial charge in [0.05, 0.1) is 18.4 Å². The van der Waals surface area contributed by atoms with Gasteiger partial charge in [0.25, 0.3) is 0 Å². The first-order chi connectivity index (χ1) is 12.1. The summed E-state index contributed by atoms with van der Waals surface area (Å²) in [6, 6.07) is 16.8. The molecule has 1 heterocycles. The molecule has 0 radical (unpaired) electrons. The first-order valence-corrected chi connectivity index (χ1v) is 8.09. The van der Waals surface area contributed by atoms with Crippen molar-refractivity contribution in [2.75, 3.05) is 7.11 Å². The van der Waals surface area contributed by atoms with E-state index in [1.165, 1.54) is 0 Å². The number of carbonyl (C=O) groups is 1. The third-order valence-corrected chi connectivity index (χ3v) is 4.16. The number of pyridine rings is 1. The zero-order valence-corrected chi connectivity index (χ0v) is 14.2. The van der Waals surface area contributed by atoms with Gasteiger partial charge in [0.1, 0.15) is 5.75 Å². The number of aromatic carboxylic acids is 1. The summed E-state index contributed by atoms with van der Waals surface area (Å²) in [5.74, 6) is -0.136. The van der Waals surface area contributed by atoms with Crippen LogP contribution in [0.5, 0.6) is 5.75 Å². The number of carboxylic acids is 1. The highest BCUT2D eigenvalue weighted by Gasteiger charge is 2.11. The fourth-order valence-corrected chi connectivity index (χ4v) is 2.69. The normalized spacial score (nSPS) is 10.5. The Morgan fingerprint density at radius 1 is 1.04 bits per heavy atom. The number of hydrogen-bond donors (Lipinski definition) is 1. The third kappa shape index (κ3) is 3.53. The molecule has 4 heteroatoms. The molecule has 0 aliphatic carbocycles. The molecule has 4 nitrogen and oxygen atoms in total. The van der Waals surface area contributed by atoms with Crippen molar-refractivity contribution in [1.29, 1.82) is 0 Å². The Morgan fingerprint density at radius 2 is 1.68 bits per heavy atom. The summed E-state index contributed by atoms with van der Waals surface area (Å²) in [6.07, 6.45) is 2.77. The number of aromatic nitrogens is 1. The van der Waals surface area contributed by atoms with Gasteiger partial charge in [-0.1, -0.05) is 19.1 Å². The summed E-state index contributed by atoms with van der Waals surface area (Å²) in [7, 11) is 1.64. The van der Waals surface area contributed by atoms with Gasteiger partial charge in [0, 0.05) is 17.3 Å². The van der Waals surface area contributed by atoms with E-state index in [0.29, 0.717) is 0 Å². The van der Waals surface area contributed by atoms with E-state index < -0.39 is 5.97 Å². The minimum absolute atomic E-state index is 0.273. The van der Waals surface area contributed by atoms with Crippen LogP contribution in [0.2, 0.25) is 0 Å². The van der Waals surface area contributed by atoms with E-state index in [2.05, 4.69) is 18.0 Å². The van der Waals surface area contributed by atoms with Crippen LogP contribution in [0.1, 0.15) is 22.8 Å². The van der Waals surface area contributed by atoms with Crippen molar-refractivity contribution in [3.8, 4) is 28.1 Å². The molecule has 0 amide bonds. The van der Waals surface area contributed by atoms with E-state index in [-0.39, 0.29) is 5.56 Å². The molecule has 1 aromatic heterocycles. The van der Waals surface area contributed by atoms with Gasteiger partial charge in [-0.05, 0) is 60.0 Å². The number of benzene rings is 2. The lowest BCUT2D eigenvalue weighted by atomic mass is 9.96. The van der Waals surface area contributed by atoms with E-state index in [1.54, 1.807) is 19.2 Å². The first-order valence-electron chi connectivity index (χ1n) is 8.09. The molecule has 126 valence electrons. The molecule has 0 spiro atoms. The smallest absolute Gasteiger partial charge is 0.335 e. The van der Waals surface area contributed by atoms with Crippen LogP contribution in [-0.4, -0.2) is 23.2 Å². The maximum Gasteiger partial charge on any atom is 0.335 e. The molecule has 0 bridgehead atoms. The first kappa shape index (κ1) is 16.7. The molecule has 0 saturated heterocycles. The highest BCUT2D eigenvalue weighted by Crippen LogP contribution is 2.32. The lowest BCUT2D eigenvalue weighted by molar-refractivity contribution is 0.0697. The number of carboxylic acid groups (broad SMARTS) is 1. The average Bonchev–Trinajstić information content (AvgIpc) is 2.67. The number of rotatable bonds is 5. The number of methoxy groups -OCH3 is 1. The Hall–Kier alpha value is -3.14. The molecule has 25 heavy (non-hydrogen) atoms. The minimum atomic E-state index is -0.928. The third-order valence-electron chi connectivity index (χ3n) is 4.16. The van der Waals surface area contributed by atoms with Crippen LogP contribution in [0.25, 0.3) is 22.4 Å². The van der Waals surface area contributed by atoms with Gasteiger partial charge in [0.15, 0.2) is 0 Å². The van der Waals surface area contributed by atoms with Gasteiger partial charge < -0.3 is 9.84 Å². The zero-order valence-electron chi connectivity index (χ0n) is 14.2. The highest BCUT2D eigenvalue weighted by molar-refractivity contribution is 5.89. The van der Waals surface area contributed by atoms with Crippen molar-refractivity contribution in [2.24, 2.45) is 0 Å². The second kappa shape index (κ2) is 7.18. The molecule has 3 aromatic rings. The van der Waals surface area contributed by atoms with E-state index in [4.69, 9.17) is 9.84 Å². The summed E-state index contributed by atoms with van der Waals surface area (Å²) in [5, 5.41) is 9.09. The molecule has 1 N–H and O–H groups in total. The van der Waals surface area contributed by atoms with Crippen LogP contribution < -0.4 is 4.74 Å². The average molecular weight is 333 g/mol. The Labute approximate surface area is 146 Å². The summed E-state index contributed by atoms with van der Waals surface area (Å²) in [4.78, 5) is 15.7. The summed E-state index contributed by atoms with van der Waals surface area (Å²) >= 11 is 0. The predicted octanol–water partition coefficient (Wildman–Crippen LogP) is 4.68. The molecule has 0 atom stereocenters. The van der Waals surface area contributed by atoms with E-state index in [9.17, 15) is 4.79 Å². The number of ether oxygens (including phenoxy) is 1. The Bertz CT molecular complexity index is 884. The zero-order chi connectivity index (χ0) is 17.8. The minimum Gasteiger partial charge on any atom is -0.497 e. The number of hydrogen-bond acceptors (Lipinski definition) is 3. The van der Waals surface area contributed by atoms with Crippen LogP contribution in [0, 0.1) is 0 Å². The van der Waals surface area contributed by atoms with E-state index in [1.807, 2.05) is 42.6 Å². The second-order valence-corrected chi connectivity index (χ2v) is 5.70. The number of nitrogens with zero attached hydrogens (tertiary/aromatic N) is 1. The summed E-state index contributed by atoms with van der Waals surface area (Å²) in [5.41, 5.74) is 5.19. The quantitative estimate of drug-likeness (QED) is 0.736. The maximum absolute atomic E-state index is 11.1. The number of aryl methyl sites for hydroxylation is 1. The Morgan fingerprint density at radius 3 is 2.24 bits per heavy atom. The van der Waals surface area contributed by atoms with Gasteiger partial charge in [-0.15, -0.1) is 0 Å². The van der Waals surface area contributed by atoms with Crippen LogP contribution in [-0.2, 0) is 6.42 Å². The molecule has 0 aliphatic rings. The van der Waals surface area contributed by atoms with Crippen molar-refractivity contribution < 1.29 is 14.6 Å². The second-order valence-electron chi connectivity index (χ2n) is 5.70. The van der Waals surface area contributed by atoms with Gasteiger partial charge in [-0.2, -0.15) is 0 Å². The predicted molar refractivity (Wildman–Crippen MR) is 98.0 cm³/mol. The van der Waals surface area contributed by atoms with Gasteiger partial charge in [-0.25, -0.2) is 4.79 Å². The topological polar surface area (TPSA) is 59.4 Å². The van der Waals surface area contributed by atoms with Crippen molar-refractivity contribution in [2.45, 2.75) is 13.3 Å². The fraction of sp³-hybridized carbons (Fsp3) is 0.143. The van der Waals surface area contributed by atoms with Crippen LogP contribution in [0.3, 0.4) is 0 Å². The van der Waals surface area contributed by atoms with E-state index in [0.717, 1.165) is 40.1 Å². The SMILES string of the molecule is CCc1cnc(-c2ccc(OC)cc2)c(-c2ccc(C(=O)O)cc2)c1. The van der Waals surface area contributed by atoms with Crippen LogP contribution in [0.15, 0.2) is 60.8 Å². The molecular weight excluding hydrogens is 314 g/mol. The Kier molecular flexibility index (Phi) is 4.80. The largest absolute Gasteiger partial charge is 0.497 e. The molecular formula is C21H19NO3. The van der Waals surface area contributed by atoms with Crippen molar-refractivity contribution >= 4 is 5.97 Å². The lowest BCUT2D eigenvalue weighted by Crippen LogP contribution is -1.96. The maximum atomic E-state index is 11.1. The van der Waals surface area contributed by atoms with Crippen molar-refractivity contribution in [1.82, 2.24) is 4.98 Å². The van der Waals surface area contributed by atoms with Gasteiger partial charge in [0.2, 0.25) is 0 Å². The molecule has 0 fully saturated rings. The summed E-state index contributed by atoms with van der Waals surface area (Å²) < 4.78 is 5.22. The van der Waals surface area contributed by atoms with Gasteiger partial charge >= 0.3 is 5.97 Å². The monoisotopic (exact) mass is 333 g/mol. The summed E-state index contributed by atoms with van der Waals surface area (Å²) in [6.45, 7) is 2.08. The van der Waals surface area contributed by atoms with Gasteiger partial charge in [-0.3, -0.25) is 4.98 Å². The molecule has 2 aromatic carbocycles. The molecule has 0 saturated carbocycles. The highest BCUT2D eigenvalue weighted by atomic mass is 16.5. The molecule has 0 unspecified atom stereocenters. The van der Waals surface area contributed by atoms with Crippen molar-refractivity contribution in [3.63, 3.8) is 0 Å². The van der Waals surface area contributed by atoms with Crippen molar-refractivity contribution in [3.05, 3.63) is 71.9 Å². The van der Waals surface area contributed by atoms with Crippen LogP contribution >= 0.6 is 0 Å². The van der Waals surface area contributed by atoms with Crippen LogP contribution in [0.4, 0.5) is 0 Å². The Balaban J connectivity index is 2.11. The standard InChI is InChI=1S/C21H19NO3/c1-3-14-12-19(15-4-6-17(7-5-15)21(23)24)20(22-13-14)16-8-10-18(25-2)11-9-16/h4-13H,3H2,1-2H3,(H,23,24). The van der Waals surface area contributed by atoms with E-state index >= 15 is 0 Å². The molecule has 0 aliphatic heterocycles. The fourth-order valence-electron chi connectivity index (χ4n) is 2.69. The lowest BCUT2D eigenvalue weighted by Gasteiger charge is -2.12.